The van der Waals surface area contributed by atoms with E-state index in [1.54, 1.807) is 31.3 Å². The molecule has 0 aliphatic carbocycles. The number of pyridine rings is 2. The van der Waals surface area contributed by atoms with Crippen molar-refractivity contribution in [2.24, 2.45) is 0 Å². The minimum Gasteiger partial charge on any atom is -0.290 e. The van der Waals surface area contributed by atoms with E-state index in [1.165, 1.54) is 15.3 Å². The summed E-state index contributed by atoms with van der Waals surface area (Å²) in [6, 6.07) is 16.0. The molecule has 0 spiro atoms. The molecule has 4 aromatic rings. The summed E-state index contributed by atoms with van der Waals surface area (Å²) in [5, 5.41) is 3.49. The summed E-state index contributed by atoms with van der Waals surface area (Å²) in [4.78, 5) is 29.6. The molecule has 0 atom stereocenters. The van der Waals surface area contributed by atoms with Crippen molar-refractivity contribution in [3.63, 3.8) is 0 Å². The van der Waals surface area contributed by atoms with Crippen molar-refractivity contribution in [1.82, 2.24) is 19.3 Å². The first-order valence-electron chi connectivity index (χ1n) is 7.51. The van der Waals surface area contributed by atoms with Crippen molar-refractivity contribution < 1.29 is 0 Å². The number of H-pyrrole nitrogens is 1. The van der Waals surface area contributed by atoms with Gasteiger partial charge in [-0.05, 0) is 31.2 Å². The number of aromatic amines is 1. The van der Waals surface area contributed by atoms with Crippen LogP contribution in [0.1, 0.15) is 5.69 Å². The third-order valence-electron chi connectivity index (χ3n) is 4.00. The number of rotatable bonds is 2. The second-order valence-electron chi connectivity index (χ2n) is 5.47. The molecule has 0 aliphatic rings. The number of aromatic nitrogens is 4. The van der Waals surface area contributed by atoms with Crippen molar-refractivity contribution in [2.75, 3.05) is 0 Å². The number of aryl methyl sites for hydroxylation is 1. The Morgan fingerprint density at radius 3 is 2.46 bits per heavy atom. The summed E-state index contributed by atoms with van der Waals surface area (Å²) >= 11 is 0. The van der Waals surface area contributed by atoms with Gasteiger partial charge in [-0.3, -0.25) is 19.3 Å². The molecule has 118 valence electrons. The lowest BCUT2D eigenvalue weighted by Crippen LogP contribution is -2.22. The van der Waals surface area contributed by atoms with E-state index in [0.29, 0.717) is 22.4 Å². The van der Waals surface area contributed by atoms with Gasteiger partial charge in [-0.15, -0.1) is 0 Å². The summed E-state index contributed by atoms with van der Waals surface area (Å²) < 4.78 is 2.90. The van der Waals surface area contributed by atoms with Gasteiger partial charge in [0.15, 0.2) is 0 Å². The van der Waals surface area contributed by atoms with Crippen LogP contribution in [0.3, 0.4) is 0 Å². The largest absolute Gasteiger partial charge is 0.290 e. The van der Waals surface area contributed by atoms with E-state index in [2.05, 4.69) is 10.1 Å². The predicted octanol–water partition coefficient (Wildman–Crippen LogP) is 2.17. The van der Waals surface area contributed by atoms with Gasteiger partial charge in [0.25, 0.3) is 11.1 Å². The van der Waals surface area contributed by atoms with Crippen LogP contribution in [0.4, 0.5) is 0 Å². The van der Waals surface area contributed by atoms with E-state index in [0.717, 1.165) is 5.69 Å². The van der Waals surface area contributed by atoms with Gasteiger partial charge in [0.1, 0.15) is 5.82 Å². The number of nitrogens with one attached hydrogen (secondary N) is 1. The van der Waals surface area contributed by atoms with Crippen LogP contribution in [0.25, 0.3) is 22.4 Å². The first kappa shape index (κ1) is 14.2. The normalized spacial score (nSPS) is 11.0. The monoisotopic (exact) mass is 318 g/mol. The zero-order valence-corrected chi connectivity index (χ0v) is 12.9. The third kappa shape index (κ3) is 2.08. The molecule has 0 radical (unpaired) electrons. The van der Waals surface area contributed by atoms with E-state index in [-0.39, 0.29) is 11.1 Å². The lowest BCUT2D eigenvalue weighted by Gasteiger charge is -2.08. The summed E-state index contributed by atoms with van der Waals surface area (Å²) in [6.07, 6.45) is 1.62. The number of hydrogen-bond acceptors (Lipinski definition) is 3. The minimum absolute atomic E-state index is 0.196. The molecule has 4 rings (SSSR count). The lowest BCUT2D eigenvalue weighted by molar-refractivity contribution is 0.863. The number of benzene rings is 1. The van der Waals surface area contributed by atoms with Gasteiger partial charge in [0, 0.05) is 18.0 Å². The smallest absolute Gasteiger partial charge is 0.280 e. The highest BCUT2D eigenvalue weighted by Crippen LogP contribution is 2.15. The van der Waals surface area contributed by atoms with Crippen molar-refractivity contribution in [2.45, 2.75) is 6.92 Å². The van der Waals surface area contributed by atoms with Crippen LogP contribution in [-0.4, -0.2) is 19.3 Å². The standard InChI is InChI=1S/C18H14N4O2/c1-12-17-14(11-16(23)21(12)15-9-5-6-10-19-15)20-22(18(17)24)13-7-3-2-4-8-13/h2-11,20H,1H3. The fourth-order valence-electron chi connectivity index (χ4n) is 2.90. The Balaban J connectivity index is 2.06. The second-order valence-corrected chi connectivity index (χ2v) is 5.47. The van der Waals surface area contributed by atoms with Gasteiger partial charge >= 0.3 is 0 Å². The Morgan fingerprint density at radius 2 is 1.75 bits per heavy atom. The summed E-state index contributed by atoms with van der Waals surface area (Å²) in [6.45, 7) is 1.75. The number of nitrogens with zero attached hydrogens (tertiary/aromatic N) is 3. The first-order valence-corrected chi connectivity index (χ1v) is 7.51. The van der Waals surface area contributed by atoms with Crippen LogP contribution in [-0.2, 0) is 0 Å². The molecule has 6 nitrogen and oxygen atoms in total. The fraction of sp³-hybridized carbons (Fsp3) is 0.0556. The molecule has 6 heteroatoms. The maximum Gasteiger partial charge on any atom is 0.280 e. The van der Waals surface area contributed by atoms with Crippen LogP contribution in [0.15, 0.2) is 70.4 Å². The highest BCUT2D eigenvalue weighted by molar-refractivity contribution is 5.81. The molecule has 24 heavy (non-hydrogen) atoms. The van der Waals surface area contributed by atoms with Crippen molar-refractivity contribution in [3.8, 4) is 11.5 Å². The van der Waals surface area contributed by atoms with Crippen LogP contribution in [0.5, 0.6) is 0 Å². The van der Waals surface area contributed by atoms with Gasteiger partial charge in [-0.25, -0.2) is 9.67 Å². The molecule has 0 fully saturated rings. The van der Waals surface area contributed by atoms with Gasteiger partial charge in [-0.2, -0.15) is 0 Å². The molecular formula is C18H14N4O2. The molecule has 1 aromatic carbocycles. The molecule has 0 saturated heterocycles. The summed E-state index contributed by atoms with van der Waals surface area (Å²) in [5.41, 5.74) is 1.36. The van der Waals surface area contributed by atoms with E-state index >= 15 is 0 Å². The summed E-state index contributed by atoms with van der Waals surface area (Å²) in [5.74, 6) is 0.494. The van der Waals surface area contributed by atoms with Crippen molar-refractivity contribution in [1.29, 1.82) is 0 Å². The highest BCUT2D eigenvalue weighted by atomic mass is 16.1. The average molecular weight is 318 g/mol. The highest BCUT2D eigenvalue weighted by Gasteiger charge is 2.16. The van der Waals surface area contributed by atoms with Crippen molar-refractivity contribution in [3.05, 3.63) is 87.2 Å². The number of para-hydroxylation sites is 1. The fourth-order valence-corrected chi connectivity index (χ4v) is 2.90. The molecule has 1 N–H and O–H groups in total. The van der Waals surface area contributed by atoms with Crippen molar-refractivity contribution >= 4 is 10.9 Å². The van der Waals surface area contributed by atoms with Gasteiger partial charge < -0.3 is 0 Å². The Bertz CT molecular complexity index is 1140. The first-order chi connectivity index (χ1) is 11.7. The Hall–Kier alpha value is -3.41. The van der Waals surface area contributed by atoms with E-state index in [4.69, 9.17) is 0 Å². The lowest BCUT2D eigenvalue weighted by atomic mass is 10.2. The van der Waals surface area contributed by atoms with Crippen LogP contribution in [0, 0.1) is 6.92 Å². The zero-order valence-electron chi connectivity index (χ0n) is 12.9. The molecule has 0 saturated carbocycles. The predicted molar refractivity (Wildman–Crippen MR) is 92.0 cm³/mol. The molecule has 0 aliphatic heterocycles. The topological polar surface area (TPSA) is 72.7 Å². The minimum atomic E-state index is -0.236. The quantitative estimate of drug-likeness (QED) is 0.615. The Kier molecular flexibility index (Phi) is 3.16. The van der Waals surface area contributed by atoms with Crippen LogP contribution in [0.2, 0.25) is 0 Å². The Labute approximate surface area is 136 Å². The summed E-state index contributed by atoms with van der Waals surface area (Å²) in [7, 11) is 0. The van der Waals surface area contributed by atoms with E-state index in [1.807, 2.05) is 30.3 Å². The molecule has 0 amide bonds. The van der Waals surface area contributed by atoms with Gasteiger partial charge in [0.2, 0.25) is 0 Å². The SMILES string of the molecule is Cc1c2c(=O)n(-c3ccccc3)[nH]c2cc(=O)n1-c1ccccn1. The molecule has 3 heterocycles. The van der Waals surface area contributed by atoms with Gasteiger partial charge in [0.05, 0.1) is 16.6 Å². The number of fused-ring (bicyclic) bond motifs is 1. The molecule has 3 aromatic heterocycles. The third-order valence-corrected chi connectivity index (χ3v) is 4.00. The Morgan fingerprint density at radius 1 is 1.00 bits per heavy atom. The second kappa shape index (κ2) is 5.34. The van der Waals surface area contributed by atoms with E-state index < -0.39 is 0 Å². The van der Waals surface area contributed by atoms with E-state index in [9.17, 15) is 9.59 Å². The van der Waals surface area contributed by atoms with Gasteiger partial charge in [-0.1, -0.05) is 24.3 Å². The zero-order chi connectivity index (χ0) is 16.7. The average Bonchev–Trinajstić information content (AvgIpc) is 2.93. The molecule has 0 bridgehead atoms. The maximum absolute atomic E-state index is 12.8. The van der Waals surface area contributed by atoms with Crippen LogP contribution >= 0.6 is 0 Å². The molecule has 0 unspecified atom stereocenters. The number of hydrogen-bond donors (Lipinski definition) is 1. The maximum atomic E-state index is 12.8. The molecular weight excluding hydrogens is 304 g/mol. The van der Waals surface area contributed by atoms with Crippen LogP contribution < -0.4 is 11.1 Å².